The summed E-state index contributed by atoms with van der Waals surface area (Å²) in [5, 5.41) is 0. The van der Waals surface area contributed by atoms with Crippen LogP contribution in [-0.2, 0) is 9.53 Å². The Bertz CT molecular complexity index is 1290. The highest BCUT2D eigenvalue weighted by Crippen LogP contribution is 2.42. The maximum Gasteiger partial charge on any atom is 0.420 e. The molecule has 1 unspecified atom stereocenters. The summed E-state index contributed by atoms with van der Waals surface area (Å²) >= 11 is 0. The number of ether oxygens (including phenoxy) is 2. The van der Waals surface area contributed by atoms with Gasteiger partial charge in [0, 0.05) is 17.7 Å². The fraction of sp³-hybridized carbons (Fsp3) is 0.375. The lowest BCUT2D eigenvalue weighted by atomic mass is 9.92. The second-order valence-electron chi connectivity index (χ2n) is 9.06. The summed E-state index contributed by atoms with van der Waals surface area (Å²) in [6, 6.07) is 6.36. The van der Waals surface area contributed by atoms with Gasteiger partial charge in [-0.2, -0.15) is 4.39 Å². The molecule has 0 radical (unpaired) electrons. The maximum atomic E-state index is 14.8. The maximum absolute atomic E-state index is 14.8. The summed E-state index contributed by atoms with van der Waals surface area (Å²) in [6.07, 6.45) is -2.65. The lowest BCUT2D eigenvalue weighted by Crippen LogP contribution is -2.47. The van der Waals surface area contributed by atoms with Crippen LogP contribution < -0.4 is 9.64 Å². The van der Waals surface area contributed by atoms with Crippen LogP contribution in [0.4, 0.5) is 28.0 Å². The smallest absolute Gasteiger partial charge is 0.420 e. The highest BCUT2D eigenvalue weighted by molar-refractivity contribution is 6.02. The van der Waals surface area contributed by atoms with Gasteiger partial charge < -0.3 is 14.4 Å². The van der Waals surface area contributed by atoms with Crippen LogP contribution in [0.15, 0.2) is 36.7 Å². The van der Waals surface area contributed by atoms with Crippen molar-refractivity contribution in [3.63, 3.8) is 0 Å². The Kier molecular flexibility index (Phi) is 6.44. The molecule has 186 valence electrons. The Morgan fingerprint density at radius 3 is 2.57 bits per heavy atom. The summed E-state index contributed by atoms with van der Waals surface area (Å²) < 4.78 is 65.5. The van der Waals surface area contributed by atoms with Crippen LogP contribution in [0, 0.1) is 11.6 Å². The van der Waals surface area contributed by atoms with Crippen LogP contribution in [0.2, 0.25) is 0 Å². The average Bonchev–Trinajstić information content (AvgIpc) is 3.17. The second kappa shape index (κ2) is 9.20. The topological polar surface area (TPSA) is 73.7 Å². The van der Waals surface area contributed by atoms with Gasteiger partial charge in [-0.25, -0.2) is 27.5 Å². The van der Waals surface area contributed by atoms with E-state index >= 15 is 0 Å². The van der Waals surface area contributed by atoms with Gasteiger partial charge in [-0.3, -0.25) is 4.79 Å². The van der Waals surface area contributed by atoms with Crippen molar-refractivity contribution < 1.29 is 36.6 Å². The van der Waals surface area contributed by atoms with Gasteiger partial charge in [-0.1, -0.05) is 6.07 Å². The number of fused-ring (bicyclic) bond motifs is 1. The molecule has 1 saturated heterocycles. The molecule has 35 heavy (non-hydrogen) atoms. The van der Waals surface area contributed by atoms with Crippen molar-refractivity contribution in [1.82, 2.24) is 9.55 Å². The first-order valence-electron chi connectivity index (χ1n) is 10.9. The van der Waals surface area contributed by atoms with Gasteiger partial charge in [0.1, 0.15) is 11.9 Å². The number of hydrogen-bond acceptors (Lipinski definition) is 5. The highest BCUT2D eigenvalue weighted by atomic mass is 19.3. The Morgan fingerprint density at radius 1 is 1.17 bits per heavy atom. The molecule has 1 aliphatic heterocycles. The molecule has 1 aliphatic rings. The minimum atomic E-state index is -2.62. The van der Waals surface area contributed by atoms with E-state index in [1.54, 1.807) is 39.0 Å². The summed E-state index contributed by atoms with van der Waals surface area (Å²) in [5.41, 5.74) is 0.405. The van der Waals surface area contributed by atoms with E-state index in [4.69, 9.17) is 9.47 Å². The number of nitrogens with zero attached hydrogens (tertiary/aromatic N) is 3. The molecule has 1 atom stereocenters. The standard InChI is InChI=1S/C24H23F4N3O4/c1-24(2,3)35-23(33)30-12-29-15-6-4-13(10-17(15)30)31-16(11-20(31)32)14-5-7-18(22(28)21(14)27)34-9-8-19(25)26/h4-7,10,12,16,19H,8-9,11H2,1-3H3. The molecule has 2 aromatic carbocycles. The third kappa shape index (κ3) is 4.94. The molecule has 0 N–H and O–H groups in total. The van der Waals surface area contributed by atoms with Crippen molar-refractivity contribution in [1.29, 1.82) is 0 Å². The first-order valence-corrected chi connectivity index (χ1v) is 10.9. The third-order valence-electron chi connectivity index (χ3n) is 5.38. The number of alkyl halides is 2. The van der Waals surface area contributed by atoms with Gasteiger partial charge >= 0.3 is 6.09 Å². The molecule has 0 aliphatic carbocycles. The van der Waals surface area contributed by atoms with Crippen LogP contribution >= 0.6 is 0 Å². The molecule has 3 aromatic rings. The lowest BCUT2D eigenvalue weighted by Gasteiger charge is -2.41. The number of aromatic nitrogens is 2. The van der Waals surface area contributed by atoms with Crippen molar-refractivity contribution >= 4 is 28.7 Å². The van der Waals surface area contributed by atoms with Crippen molar-refractivity contribution in [3.8, 4) is 5.75 Å². The molecule has 4 rings (SSSR count). The summed E-state index contributed by atoms with van der Waals surface area (Å²) in [4.78, 5) is 30.5. The average molecular weight is 493 g/mol. The number of anilines is 1. The summed E-state index contributed by atoms with van der Waals surface area (Å²) in [5.74, 6) is -3.34. The van der Waals surface area contributed by atoms with Crippen LogP contribution in [0.1, 0.15) is 45.2 Å². The normalized spacial score (nSPS) is 16.1. The lowest BCUT2D eigenvalue weighted by molar-refractivity contribution is -0.124. The fourth-order valence-electron chi connectivity index (χ4n) is 3.77. The van der Waals surface area contributed by atoms with E-state index in [0.29, 0.717) is 16.7 Å². The van der Waals surface area contributed by atoms with Gasteiger partial charge in [0.2, 0.25) is 18.1 Å². The molecule has 11 heteroatoms. The molecular formula is C24H23F4N3O4. The van der Waals surface area contributed by atoms with E-state index in [1.807, 2.05) is 0 Å². The van der Waals surface area contributed by atoms with E-state index < -0.39 is 54.6 Å². The molecule has 0 bridgehead atoms. The van der Waals surface area contributed by atoms with E-state index in [1.165, 1.54) is 21.9 Å². The van der Waals surface area contributed by atoms with E-state index in [2.05, 4.69) is 4.98 Å². The highest BCUT2D eigenvalue weighted by Gasteiger charge is 2.41. The first kappa shape index (κ1) is 24.5. The SMILES string of the molecule is CC(C)(C)OC(=O)n1cnc2ccc(N3C(=O)CC3c3ccc(OCCC(F)F)c(F)c3F)cc21. The van der Waals surface area contributed by atoms with E-state index in [-0.39, 0.29) is 17.9 Å². The zero-order chi connectivity index (χ0) is 25.5. The van der Waals surface area contributed by atoms with Gasteiger partial charge in [0.05, 0.1) is 30.1 Å². The van der Waals surface area contributed by atoms with Crippen LogP contribution in [0.25, 0.3) is 11.0 Å². The Morgan fingerprint density at radius 2 is 1.91 bits per heavy atom. The summed E-state index contributed by atoms with van der Waals surface area (Å²) in [7, 11) is 0. The monoisotopic (exact) mass is 493 g/mol. The number of β-lactam (4-membered cyclic amide) rings is 1. The number of rotatable bonds is 6. The van der Waals surface area contributed by atoms with Crippen molar-refractivity contribution in [2.24, 2.45) is 0 Å². The zero-order valence-corrected chi connectivity index (χ0v) is 19.2. The third-order valence-corrected chi connectivity index (χ3v) is 5.38. The molecule has 0 saturated carbocycles. The van der Waals surface area contributed by atoms with Crippen LogP contribution in [-0.4, -0.2) is 40.2 Å². The number of amides is 1. The quantitative estimate of drug-likeness (QED) is 0.330. The molecule has 1 amide bonds. The minimum Gasteiger partial charge on any atom is -0.490 e. The Hall–Kier alpha value is -3.63. The number of imidazole rings is 1. The Balaban J connectivity index is 1.62. The second-order valence-corrected chi connectivity index (χ2v) is 9.06. The number of carbonyl (C=O) groups is 2. The van der Waals surface area contributed by atoms with Gasteiger partial charge in [0.25, 0.3) is 0 Å². The number of hydrogen-bond donors (Lipinski definition) is 0. The first-order chi connectivity index (χ1) is 16.5. The minimum absolute atomic E-state index is 0.0642. The predicted octanol–water partition coefficient (Wildman–Crippen LogP) is 5.61. The Labute approximate surface area is 198 Å². The number of benzene rings is 2. The predicted molar refractivity (Wildman–Crippen MR) is 119 cm³/mol. The molecule has 1 fully saturated rings. The van der Waals surface area contributed by atoms with Crippen molar-refractivity contribution in [3.05, 3.63) is 53.9 Å². The zero-order valence-electron chi connectivity index (χ0n) is 19.2. The molecule has 0 spiro atoms. The van der Waals surface area contributed by atoms with Crippen molar-refractivity contribution in [2.75, 3.05) is 11.5 Å². The van der Waals surface area contributed by atoms with E-state index in [0.717, 1.165) is 6.07 Å². The van der Waals surface area contributed by atoms with Crippen LogP contribution in [0.3, 0.4) is 0 Å². The molecular weight excluding hydrogens is 470 g/mol. The number of halogens is 4. The fourth-order valence-corrected chi connectivity index (χ4v) is 3.77. The van der Waals surface area contributed by atoms with Gasteiger partial charge in [-0.05, 0) is 45.0 Å². The van der Waals surface area contributed by atoms with Gasteiger partial charge in [-0.15, -0.1) is 0 Å². The molecule has 1 aromatic heterocycles. The van der Waals surface area contributed by atoms with Gasteiger partial charge in [0.15, 0.2) is 11.6 Å². The number of carbonyl (C=O) groups excluding carboxylic acids is 2. The van der Waals surface area contributed by atoms with E-state index in [9.17, 15) is 27.2 Å². The summed E-state index contributed by atoms with van der Waals surface area (Å²) in [6.45, 7) is 4.71. The largest absolute Gasteiger partial charge is 0.490 e. The molecule has 2 heterocycles. The molecule has 7 nitrogen and oxygen atoms in total. The van der Waals surface area contributed by atoms with Crippen LogP contribution in [0.5, 0.6) is 5.75 Å². The van der Waals surface area contributed by atoms with Crippen molar-refractivity contribution in [2.45, 2.75) is 51.7 Å².